The molecule has 0 aliphatic heterocycles. The highest BCUT2D eigenvalue weighted by Crippen LogP contribution is 2.14. The van der Waals surface area contributed by atoms with Crippen molar-refractivity contribution in [3.05, 3.63) is 34.9 Å². The van der Waals surface area contributed by atoms with Crippen LogP contribution in [0.4, 0.5) is 0 Å². The fraction of sp³-hybridized carbons (Fsp3) is 0.632. The van der Waals surface area contributed by atoms with Gasteiger partial charge in [0.15, 0.2) is 5.96 Å². The van der Waals surface area contributed by atoms with Gasteiger partial charge in [0, 0.05) is 24.7 Å². The summed E-state index contributed by atoms with van der Waals surface area (Å²) < 4.78 is 0. The Morgan fingerprint density at radius 1 is 1.25 bits per heavy atom. The van der Waals surface area contributed by atoms with Gasteiger partial charge in [-0.1, -0.05) is 43.6 Å². The van der Waals surface area contributed by atoms with E-state index in [1.807, 2.05) is 25.2 Å². The van der Waals surface area contributed by atoms with Crippen LogP contribution in [0.25, 0.3) is 0 Å². The Kier molecular flexibility index (Phi) is 10.5. The third kappa shape index (κ3) is 8.02. The van der Waals surface area contributed by atoms with Crippen molar-refractivity contribution in [2.75, 3.05) is 33.2 Å². The van der Waals surface area contributed by atoms with E-state index in [2.05, 4.69) is 47.4 Å². The van der Waals surface area contributed by atoms with Gasteiger partial charge >= 0.3 is 0 Å². The molecule has 0 heterocycles. The molecule has 0 spiro atoms. The van der Waals surface area contributed by atoms with Gasteiger partial charge < -0.3 is 15.5 Å². The van der Waals surface area contributed by atoms with E-state index >= 15 is 0 Å². The molecule has 0 saturated carbocycles. The summed E-state index contributed by atoms with van der Waals surface area (Å²) in [5.74, 6) is 0.859. The van der Waals surface area contributed by atoms with Gasteiger partial charge in [-0.25, -0.2) is 0 Å². The zero-order chi connectivity index (χ0) is 17.8. The lowest BCUT2D eigenvalue weighted by Crippen LogP contribution is -2.43. The average molecular weight is 353 g/mol. The van der Waals surface area contributed by atoms with Gasteiger partial charge in [0.1, 0.15) is 0 Å². The van der Waals surface area contributed by atoms with Gasteiger partial charge in [-0.3, -0.25) is 4.99 Å². The van der Waals surface area contributed by atoms with Gasteiger partial charge in [0.25, 0.3) is 0 Å². The molecule has 1 unspecified atom stereocenters. The first-order valence-electron chi connectivity index (χ1n) is 9.03. The molecule has 2 N–H and O–H groups in total. The van der Waals surface area contributed by atoms with Crippen LogP contribution < -0.4 is 10.6 Å². The third-order valence-corrected chi connectivity index (χ3v) is 4.63. The standard InChI is InChI=1S/C19H33ClN4/c1-5-24(6-2)15-9-10-16(3)23-19(21-4)22-14-13-17-11-7-8-12-18(17)20/h7-8,11-12,16H,5-6,9-10,13-15H2,1-4H3,(H2,21,22,23). The van der Waals surface area contributed by atoms with Crippen LogP contribution in [0.15, 0.2) is 29.3 Å². The maximum absolute atomic E-state index is 6.19. The minimum atomic E-state index is 0.409. The maximum Gasteiger partial charge on any atom is 0.191 e. The molecular formula is C19H33ClN4. The monoisotopic (exact) mass is 352 g/mol. The topological polar surface area (TPSA) is 39.7 Å². The Hall–Kier alpha value is -1.26. The molecule has 136 valence electrons. The van der Waals surface area contributed by atoms with Crippen LogP contribution in [0.1, 0.15) is 39.2 Å². The average Bonchev–Trinajstić information content (AvgIpc) is 2.59. The molecule has 1 aromatic rings. The minimum absolute atomic E-state index is 0.409. The molecule has 1 atom stereocenters. The van der Waals surface area contributed by atoms with Crippen molar-refractivity contribution in [1.82, 2.24) is 15.5 Å². The number of halogens is 1. The molecule has 0 radical (unpaired) electrons. The number of benzene rings is 1. The zero-order valence-electron chi connectivity index (χ0n) is 15.6. The first-order valence-corrected chi connectivity index (χ1v) is 9.41. The van der Waals surface area contributed by atoms with E-state index in [1.54, 1.807) is 0 Å². The summed E-state index contributed by atoms with van der Waals surface area (Å²) in [6, 6.07) is 8.39. The summed E-state index contributed by atoms with van der Waals surface area (Å²) in [5, 5.41) is 7.66. The zero-order valence-corrected chi connectivity index (χ0v) is 16.4. The van der Waals surface area contributed by atoms with Crippen molar-refractivity contribution in [1.29, 1.82) is 0 Å². The van der Waals surface area contributed by atoms with E-state index in [1.165, 1.54) is 6.42 Å². The summed E-state index contributed by atoms with van der Waals surface area (Å²) in [6.07, 6.45) is 3.23. The second kappa shape index (κ2) is 12.2. The van der Waals surface area contributed by atoms with Crippen molar-refractivity contribution in [3.63, 3.8) is 0 Å². The molecule has 4 nitrogen and oxygen atoms in total. The number of rotatable bonds is 10. The predicted molar refractivity (Wildman–Crippen MR) is 106 cm³/mol. The van der Waals surface area contributed by atoms with Gasteiger partial charge in [-0.2, -0.15) is 0 Å². The summed E-state index contributed by atoms with van der Waals surface area (Å²) in [6.45, 7) is 10.9. The van der Waals surface area contributed by atoms with Crippen LogP contribution >= 0.6 is 11.6 Å². The first-order chi connectivity index (χ1) is 11.6. The second-order valence-electron chi connectivity index (χ2n) is 6.05. The van der Waals surface area contributed by atoms with Crippen LogP contribution in [0, 0.1) is 0 Å². The molecule has 0 fully saturated rings. The highest BCUT2D eigenvalue weighted by atomic mass is 35.5. The molecule has 0 aromatic heterocycles. The molecule has 5 heteroatoms. The maximum atomic E-state index is 6.19. The van der Waals surface area contributed by atoms with Crippen LogP contribution in [0.2, 0.25) is 5.02 Å². The minimum Gasteiger partial charge on any atom is -0.356 e. The quantitative estimate of drug-likeness (QED) is 0.499. The number of nitrogens with one attached hydrogen (secondary N) is 2. The van der Waals surface area contributed by atoms with Gasteiger partial charge in [0.05, 0.1) is 0 Å². The molecule has 0 amide bonds. The van der Waals surface area contributed by atoms with Crippen molar-refractivity contribution in [2.45, 2.75) is 46.1 Å². The SMILES string of the molecule is CCN(CC)CCCC(C)NC(=NC)NCCc1ccccc1Cl. The molecular weight excluding hydrogens is 320 g/mol. The van der Waals surface area contributed by atoms with Gasteiger partial charge in [-0.05, 0) is 57.5 Å². The molecule has 1 aromatic carbocycles. The predicted octanol–water partition coefficient (Wildman–Crippen LogP) is 3.56. The van der Waals surface area contributed by atoms with Crippen molar-refractivity contribution in [2.24, 2.45) is 4.99 Å². The van der Waals surface area contributed by atoms with Crippen molar-refractivity contribution in [3.8, 4) is 0 Å². The smallest absolute Gasteiger partial charge is 0.191 e. The lowest BCUT2D eigenvalue weighted by molar-refractivity contribution is 0.292. The molecule has 24 heavy (non-hydrogen) atoms. The van der Waals surface area contributed by atoms with Gasteiger partial charge in [-0.15, -0.1) is 0 Å². The fourth-order valence-electron chi connectivity index (χ4n) is 2.68. The Bertz CT molecular complexity index is 486. The van der Waals surface area contributed by atoms with E-state index in [4.69, 9.17) is 11.6 Å². The van der Waals surface area contributed by atoms with E-state index in [-0.39, 0.29) is 0 Å². The van der Waals surface area contributed by atoms with E-state index in [9.17, 15) is 0 Å². The molecule has 0 aliphatic rings. The summed E-state index contributed by atoms with van der Waals surface area (Å²) in [4.78, 5) is 6.77. The largest absolute Gasteiger partial charge is 0.356 e. The second-order valence-corrected chi connectivity index (χ2v) is 6.46. The molecule has 0 saturated heterocycles. The fourth-order valence-corrected chi connectivity index (χ4v) is 2.91. The number of guanidine groups is 1. The highest BCUT2D eigenvalue weighted by molar-refractivity contribution is 6.31. The van der Waals surface area contributed by atoms with Crippen LogP contribution in [0.5, 0.6) is 0 Å². The van der Waals surface area contributed by atoms with E-state index in [0.29, 0.717) is 6.04 Å². The first kappa shape index (κ1) is 20.8. The highest BCUT2D eigenvalue weighted by Gasteiger charge is 2.07. The van der Waals surface area contributed by atoms with Crippen LogP contribution in [0.3, 0.4) is 0 Å². The normalized spacial score (nSPS) is 13.2. The molecule has 1 rings (SSSR count). The van der Waals surface area contributed by atoms with Crippen molar-refractivity contribution < 1.29 is 0 Å². The van der Waals surface area contributed by atoms with Crippen LogP contribution in [-0.2, 0) is 6.42 Å². The summed E-state index contributed by atoms with van der Waals surface area (Å²) in [7, 11) is 1.81. The lowest BCUT2D eigenvalue weighted by Gasteiger charge is -2.21. The summed E-state index contributed by atoms with van der Waals surface area (Å²) in [5.41, 5.74) is 1.16. The van der Waals surface area contributed by atoms with Crippen molar-refractivity contribution >= 4 is 17.6 Å². The van der Waals surface area contributed by atoms with Gasteiger partial charge in [0.2, 0.25) is 0 Å². The lowest BCUT2D eigenvalue weighted by atomic mass is 10.1. The van der Waals surface area contributed by atoms with E-state index < -0.39 is 0 Å². The number of nitrogens with zero attached hydrogens (tertiary/aromatic N) is 2. The third-order valence-electron chi connectivity index (χ3n) is 4.26. The molecule has 0 aliphatic carbocycles. The Labute approximate surface area is 152 Å². The number of hydrogen-bond donors (Lipinski definition) is 2. The number of hydrogen-bond acceptors (Lipinski definition) is 2. The van der Waals surface area contributed by atoms with Crippen LogP contribution in [-0.4, -0.2) is 50.1 Å². The summed E-state index contributed by atoms with van der Waals surface area (Å²) >= 11 is 6.19. The Morgan fingerprint density at radius 2 is 1.96 bits per heavy atom. The molecule has 0 bridgehead atoms. The Balaban J connectivity index is 2.27. The van der Waals surface area contributed by atoms with E-state index in [0.717, 1.165) is 55.6 Å². The Morgan fingerprint density at radius 3 is 2.58 bits per heavy atom. The number of aliphatic imine (C=N–C) groups is 1.